The van der Waals surface area contributed by atoms with Crippen LogP contribution in [0.1, 0.15) is 5.56 Å². The van der Waals surface area contributed by atoms with Crippen molar-refractivity contribution in [2.24, 2.45) is 25.4 Å². The van der Waals surface area contributed by atoms with Crippen molar-refractivity contribution in [3.63, 3.8) is 0 Å². The van der Waals surface area contributed by atoms with Gasteiger partial charge in [-0.2, -0.15) is 30.4 Å². The third kappa shape index (κ3) is 14.2. The molecule has 31 heteroatoms. The van der Waals surface area contributed by atoms with Gasteiger partial charge >= 0.3 is 118 Å². The summed E-state index contributed by atoms with van der Waals surface area (Å²) < 4.78 is 147. The van der Waals surface area contributed by atoms with Gasteiger partial charge in [-0.05, 0) is 101 Å². The van der Waals surface area contributed by atoms with Crippen LogP contribution in [-0.2, 0) is 40.5 Å². The minimum atomic E-state index is -5.19. The average molecular weight is 1030 g/mol. The molecule has 4 N–H and O–H groups in total. The summed E-state index contributed by atoms with van der Waals surface area (Å²) in [6, 6.07) is 11.7. The molecule has 0 aliphatic heterocycles. The van der Waals surface area contributed by atoms with Gasteiger partial charge in [-0.15, -0.1) is 15.3 Å². The van der Waals surface area contributed by atoms with E-state index in [0.29, 0.717) is 11.6 Å². The van der Waals surface area contributed by atoms with E-state index in [1.54, 1.807) is 0 Å². The number of hydrogen-bond acceptors (Lipinski definition) is 19. The molecule has 0 unspecified atom stereocenters. The fourth-order valence-electron chi connectivity index (χ4n) is 5.88. The molecule has 0 aliphatic carbocycles. The van der Waals surface area contributed by atoms with Gasteiger partial charge in [-0.1, -0.05) is 17.6 Å². The Labute approximate surface area is 470 Å². The van der Waals surface area contributed by atoms with Crippen molar-refractivity contribution in [2.75, 3.05) is 19.5 Å². The van der Waals surface area contributed by atoms with E-state index in [1.807, 2.05) is 0 Å². The third-order valence-electron chi connectivity index (χ3n) is 8.78. The predicted molar refractivity (Wildman–Crippen MR) is 214 cm³/mol. The number of anilines is 1. The molecule has 0 amide bonds. The molecule has 67 heavy (non-hydrogen) atoms. The zero-order valence-electron chi connectivity index (χ0n) is 35.9. The molecule has 0 saturated heterocycles. The van der Waals surface area contributed by atoms with Crippen molar-refractivity contribution >= 4 is 102 Å². The van der Waals surface area contributed by atoms with Crippen molar-refractivity contribution in [3.8, 4) is 23.0 Å². The number of amidine groups is 1. The Morgan fingerprint density at radius 1 is 0.597 bits per heavy atom. The number of nitrogens with zero attached hydrogens (tertiary/aromatic N) is 5. The summed E-state index contributed by atoms with van der Waals surface area (Å²) in [6.45, 7) is 1.54. The van der Waals surface area contributed by atoms with E-state index in [2.05, 4.69) is 30.8 Å². The second kappa shape index (κ2) is 23.4. The summed E-state index contributed by atoms with van der Waals surface area (Å²) in [5.74, 6) is -2.15. The smallest absolute Gasteiger partial charge is 0.872 e. The van der Waals surface area contributed by atoms with E-state index in [0.717, 1.165) is 48.5 Å². The number of nitrogens with one attached hydrogen (secondary N) is 1. The molecular weight excluding hydrogens is 1010 g/mol. The van der Waals surface area contributed by atoms with Gasteiger partial charge in [0, 0.05) is 11.1 Å². The Kier molecular flexibility index (Phi) is 21.0. The van der Waals surface area contributed by atoms with E-state index in [4.69, 9.17) is 9.47 Å². The van der Waals surface area contributed by atoms with Crippen LogP contribution in [0.15, 0.2) is 124 Å². The molecule has 6 aromatic rings. The number of rotatable bonds is 12. The predicted octanol–water partition coefficient (Wildman–Crippen LogP) is -7.58. The molecule has 0 heterocycles. The molecule has 0 fully saturated rings. The van der Waals surface area contributed by atoms with Crippen LogP contribution in [0.2, 0.25) is 0 Å². The number of methoxy groups -OCH3 is 2. The average Bonchev–Trinajstić information content (AvgIpc) is 3.18. The second-order valence-electron chi connectivity index (χ2n) is 12.9. The van der Waals surface area contributed by atoms with E-state index in [-0.39, 0.29) is 174 Å². The molecule has 330 valence electrons. The number of ether oxygens (including phenoxy) is 2. The van der Waals surface area contributed by atoms with E-state index in [1.165, 1.54) is 45.4 Å². The second-order valence-corrected chi connectivity index (χ2v) is 18.5. The standard InChI is InChI=1S/C36H30N6O17S4.4Na/c1-17-8-31(59-3)26(16-25(17)39-41-28-14-22(61(49,50)51)10-19-11-23(62(52,53)54)15-29(43)33(19)28)38-36(45)37-20-4-6-24-18(9-20)12-32(63(55,56)57)34(35(24)44)42-40-27-13-21(60(46,47)48)5-7-30(27)58-2;;;;/h4-16,43-44H,1-3H3,(H2,37,38,45)(H,46,47,48)(H,49,50,51)(H,52,53,54)(H,55,56,57);;;;/q;4*+1/p-4. The normalized spacial score (nSPS) is 12.3. The van der Waals surface area contributed by atoms with Crippen LogP contribution in [-0.4, -0.2) is 72.1 Å². The fourth-order valence-corrected chi connectivity index (χ4v) is 8.09. The Morgan fingerprint density at radius 2 is 1.16 bits per heavy atom. The topological polar surface area (TPSA) is 382 Å². The van der Waals surface area contributed by atoms with Gasteiger partial charge in [-0.3, -0.25) is 13.7 Å². The quantitative estimate of drug-likeness (QED) is 0.0291. The Bertz CT molecular complexity index is 3470. The van der Waals surface area contributed by atoms with Crippen molar-refractivity contribution in [3.05, 3.63) is 84.4 Å². The number of hydrogen-bond donors (Lipinski definition) is 4. The molecule has 0 aromatic heterocycles. The molecular formula is C36H26N6Na4O17S4. The summed E-state index contributed by atoms with van der Waals surface area (Å²) in [5.41, 5.74) is -1.59. The minimum absolute atomic E-state index is 0. The zero-order valence-corrected chi connectivity index (χ0v) is 47.2. The van der Waals surface area contributed by atoms with Crippen molar-refractivity contribution in [2.45, 2.75) is 26.5 Å². The molecule has 0 bridgehead atoms. The fraction of sp³-hybridized carbons (Fsp3) is 0.0833. The number of aryl methyl sites for hydroxylation is 1. The number of aliphatic imine (C=N–C) groups is 1. The first-order chi connectivity index (χ1) is 29.3. The monoisotopic (exact) mass is 1030 g/mol. The summed E-state index contributed by atoms with van der Waals surface area (Å²) in [5, 5.41) is 56.5. The van der Waals surface area contributed by atoms with Crippen molar-refractivity contribution in [1.29, 1.82) is 0 Å². The van der Waals surface area contributed by atoms with Crippen LogP contribution in [0.3, 0.4) is 0 Å². The maximum Gasteiger partial charge on any atom is 1.00 e. The molecule has 0 saturated carbocycles. The van der Waals surface area contributed by atoms with Crippen LogP contribution in [0.25, 0.3) is 21.5 Å². The molecule has 0 aliphatic rings. The van der Waals surface area contributed by atoms with Crippen molar-refractivity contribution < 1.29 is 195 Å². The molecule has 23 nitrogen and oxygen atoms in total. The molecule has 0 atom stereocenters. The van der Waals surface area contributed by atoms with Crippen LogP contribution >= 0.6 is 0 Å². The Balaban J connectivity index is 0.00000385. The first kappa shape index (κ1) is 60.3. The molecule has 6 rings (SSSR count). The van der Waals surface area contributed by atoms with E-state index in [9.17, 15) is 67.2 Å². The van der Waals surface area contributed by atoms with Gasteiger partial charge in [0.2, 0.25) is 0 Å². The Morgan fingerprint density at radius 3 is 1.73 bits per heavy atom. The van der Waals surface area contributed by atoms with Crippen LogP contribution < -0.4 is 148 Å². The number of benzene rings is 6. The van der Waals surface area contributed by atoms with E-state index >= 15 is 0 Å². The number of azo groups is 2. The van der Waals surface area contributed by atoms with Crippen LogP contribution in [0.5, 0.6) is 23.0 Å². The molecule has 0 spiro atoms. The first-order valence-electron chi connectivity index (χ1n) is 17.0. The summed E-state index contributed by atoms with van der Waals surface area (Å²) in [4.78, 5) is 0.558. The van der Waals surface area contributed by atoms with E-state index < -0.39 is 88.9 Å². The zero-order chi connectivity index (χ0) is 46.4. The molecule has 6 aromatic carbocycles. The number of fused-ring (bicyclic) bond motifs is 2. The minimum Gasteiger partial charge on any atom is -0.872 e. The molecule has 0 radical (unpaired) electrons. The summed E-state index contributed by atoms with van der Waals surface area (Å²) in [6.07, 6.45) is 0. The van der Waals surface area contributed by atoms with Gasteiger partial charge in [0.25, 0.3) is 30.4 Å². The first-order valence-corrected chi connectivity index (χ1v) is 22.7. The summed E-state index contributed by atoms with van der Waals surface area (Å²) in [7, 11) is -17.6. The van der Waals surface area contributed by atoms with Gasteiger partial charge in [0.1, 0.15) is 37.9 Å². The van der Waals surface area contributed by atoms with Crippen LogP contribution in [0, 0.1) is 6.92 Å². The van der Waals surface area contributed by atoms with Gasteiger partial charge < -0.3 is 34.7 Å². The SMILES string of the molecule is COc1ccc(S(=O)(=O)[O-])cc1N=Nc1c(S(=O)(=O)O)cc2cc(NC([O-])=Nc3cc(N=Nc4cc(S(=O)(=O)O)cc5cc(S(=O)(=O)O)cc([O-])c45)c(C)cc3OC)ccc2c1[O-].[Na+].[Na+].[Na+].[Na+]. The van der Waals surface area contributed by atoms with Crippen molar-refractivity contribution in [1.82, 2.24) is 0 Å². The maximum absolute atomic E-state index is 13.5. The third-order valence-corrected chi connectivity index (χ3v) is 12.1. The maximum atomic E-state index is 13.5. The largest absolute Gasteiger partial charge is 1.00 e. The summed E-state index contributed by atoms with van der Waals surface area (Å²) >= 11 is 0. The van der Waals surface area contributed by atoms with Gasteiger partial charge in [0.05, 0.1) is 52.0 Å². The van der Waals surface area contributed by atoms with Crippen LogP contribution in [0.4, 0.5) is 34.1 Å². The van der Waals surface area contributed by atoms with Gasteiger partial charge in [0.15, 0.2) is 0 Å². The Hall–Kier alpha value is -2.85. The van der Waals surface area contributed by atoms with Gasteiger partial charge in [-0.25, -0.2) is 13.4 Å².